The Morgan fingerprint density at radius 1 is 1.25 bits per heavy atom. The minimum atomic E-state index is 0.736. The minimum Gasteiger partial charge on any atom is -0.383 e. The van der Waals surface area contributed by atoms with Crippen LogP contribution in [0.15, 0.2) is 24.3 Å². The lowest BCUT2D eigenvalue weighted by Crippen LogP contribution is -2.34. The maximum atomic E-state index is 5.09. The van der Waals surface area contributed by atoms with Crippen molar-refractivity contribution in [2.75, 3.05) is 31.7 Å². The molecule has 0 heterocycles. The number of anilines is 1. The van der Waals surface area contributed by atoms with Gasteiger partial charge in [0.05, 0.1) is 6.61 Å². The molecule has 0 unspecified atom stereocenters. The van der Waals surface area contributed by atoms with Crippen LogP contribution in [-0.4, -0.2) is 32.8 Å². The highest BCUT2D eigenvalue weighted by Crippen LogP contribution is 2.30. The van der Waals surface area contributed by atoms with Crippen molar-refractivity contribution in [3.05, 3.63) is 29.8 Å². The fraction of sp³-hybridized carbons (Fsp3) is 0.647. The molecule has 1 aliphatic rings. The Labute approximate surface area is 123 Å². The highest BCUT2D eigenvalue weighted by molar-refractivity contribution is 5.54. The van der Waals surface area contributed by atoms with Crippen molar-refractivity contribution in [2.24, 2.45) is 0 Å². The van der Waals surface area contributed by atoms with Gasteiger partial charge in [0.25, 0.3) is 0 Å². The topological polar surface area (TPSA) is 24.5 Å². The Morgan fingerprint density at radius 3 is 2.70 bits per heavy atom. The molecule has 3 nitrogen and oxygen atoms in total. The number of para-hydroxylation sites is 1. The van der Waals surface area contributed by atoms with Gasteiger partial charge in [0.2, 0.25) is 0 Å². The number of hydrogen-bond donors (Lipinski definition) is 1. The Bertz CT molecular complexity index is 388. The van der Waals surface area contributed by atoms with E-state index in [0.29, 0.717) is 0 Å². The molecule has 0 spiro atoms. The summed E-state index contributed by atoms with van der Waals surface area (Å²) in [4.78, 5) is 2.60. The molecular formula is C17H28N2O. The van der Waals surface area contributed by atoms with E-state index in [4.69, 9.17) is 4.74 Å². The van der Waals surface area contributed by atoms with Crippen LogP contribution in [0.5, 0.6) is 0 Å². The van der Waals surface area contributed by atoms with Gasteiger partial charge in [0, 0.05) is 38.5 Å². The van der Waals surface area contributed by atoms with Crippen molar-refractivity contribution < 1.29 is 4.74 Å². The van der Waals surface area contributed by atoms with Crippen LogP contribution >= 0.6 is 0 Å². The van der Waals surface area contributed by atoms with Gasteiger partial charge in [-0.2, -0.15) is 0 Å². The average Bonchev–Trinajstić information content (AvgIpc) is 3.00. The molecule has 3 heteroatoms. The van der Waals surface area contributed by atoms with Gasteiger partial charge < -0.3 is 15.0 Å². The standard InChI is InChI=1S/C17H28N2O/c1-3-19(16-9-5-6-10-16)17-11-7-4-8-15(17)14-18-12-13-20-2/h4,7-8,11,16,18H,3,5-6,9-10,12-14H2,1-2H3. The van der Waals surface area contributed by atoms with E-state index in [1.54, 1.807) is 7.11 Å². The first kappa shape index (κ1) is 15.3. The Morgan fingerprint density at radius 2 is 2.00 bits per heavy atom. The van der Waals surface area contributed by atoms with Crippen LogP contribution in [0.2, 0.25) is 0 Å². The number of ether oxygens (including phenoxy) is 1. The number of benzene rings is 1. The maximum absolute atomic E-state index is 5.09. The van der Waals surface area contributed by atoms with Gasteiger partial charge in [-0.3, -0.25) is 0 Å². The zero-order chi connectivity index (χ0) is 14.2. The molecule has 0 aliphatic heterocycles. The second-order valence-electron chi connectivity index (χ2n) is 5.52. The number of rotatable bonds is 8. The fourth-order valence-electron chi connectivity index (χ4n) is 3.18. The second-order valence-corrected chi connectivity index (χ2v) is 5.52. The minimum absolute atomic E-state index is 0.736. The van der Waals surface area contributed by atoms with Gasteiger partial charge in [-0.25, -0.2) is 0 Å². The van der Waals surface area contributed by atoms with Crippen molar-refractivity contribution in [2.45, 2.75) is 45.2 Å². The van der Waals surface area contributed by atoms with Crippen molar-refractivity contribution in [3.63, 3.8) is 0 Å². The summed E-state index contributed by atoms with van der Waals surface area (Å²) in [7, 11) is 1.74. The number of methoxy groups -OCH3 is 1. The van der Waals surface area contributed by atoms with Gasteiger partial charge in [0.15, 0.2) is 0 Å². The van der Waals surface area contributed by atoms with E-state index in [-0.39, 0.29) is 0 Å². The first-order valence-electron chi connectivity index (χ1n) is 7.91. The SMILES string of the molecule is CCN(c1ccccc1CNCCOC)C1CCCC1. The summed E-state index contributed by atoms with van der Waals surface area (Å²) in [5.74, 6) is 0. The van der Waals surface area contributed by atoms with Crippen LogP contribution in [0.3, 0.4) is 0 Å². The Hall–Kier alpha value is -1.06. The van der Waals surface area contributed by atoms with E-state index in [1.165, 1.54) is 36.9 Å². The van der Waals surface area contributed by atoms with Gasteiger partial charge in [-0.1, -0.05) is 31.0 Å². The second kappa shape index (κ2) is 8.28. The first-order valence-corrected chi connectivity index (χ1v) is 7.91. The predicted molar refractivity (Wildman–Crippen MR) is 85.3 cm³/mol. The van der Waals surface area contributed by atoms with Crippen LogP contribution in [0.4, 0.5) is 5.69 Å². The summed E-state index contributed by atoms with van der Waals surface area (Å²) < 4.78 is 5.09. The molecule has 0 aromatic heterocycles. The van der Waals surface area contributed by atoms with Crippen LogP contribution in [0, 0.1) is 0 Å². The summed E-state index contributed by atoms with van der Waals surface area (Å²) >= 11 is 0. The van der Waals surface area contributed by atoms with Crippen LogP contribution in [-0.2, 0) is 11.3 Å². The number of hydrogen-bond acceptors (Lipinski definition) is 3. The molecule has 20 heavy (non-hydrogen) atoms. The highest BCUT2D eigenvalue weighted by atomic mass is 16.5. The van der Waals surface area contributed by atoms with Crippen LogP contribution in [0.1, 0.15) is 38.2 Å². The molecule has 112 valence electrons. The van der Waals surface area contributed by atoms with E-state index in [0.717, 1.165) is 32.3 Å². The van der Waals surface area contributed by atoms with E-state index < -0.39 is 0 Å². The van der Waals surface area contributed by atoms with Gasteiger partial charge >= 0.3 is 0 Å². The van der Waals surface area contributed by atoms with Crippen molar-refractivity contribution in [1.82, 2.24) is 5.32 Å². The third-order valence-electron chi connectivity index (χ3n) is 4.21. The largest absolute Gasteiger partial charge is 0.383 e. The Balaban J connectivity index is 2.04. The van der Waals surface area contributed by atoms with Gasteiger partial charge in [-0.15, -0.1) is 0 Å². The predicted octanol–water partition coefficient (Wildman–Crippen LogP) is 3.19. The molecule has 1 fully saturated rings. The summed E-state index contributed by atoms with van der Waals surface area (Å²) in [6.07, 6.45) is 5.46. The molecule has 0 radical (unpaired) electrons. The monoisotopic (exact) mass is 276 g/mol. The molecule has 1 N–H and O–H groups in total. The normalized spacial score (nSPS) is 15.7. The lowest BCUT2D eigenvalue weighted by molar-refractivity contribution is 0.199. The fourth-order valence-corrected chi connectivity index (χ4v) is 3.18. The smallest absolute Gasteiger partial charge is 0.0587 e. The molecule has 1 aliphatic carbocycles. The van der Waals surface area contributed by atoms with E-state index in [9.17, 15) is 0 Å². The lowest BCUT2D eigenvalue weighted by atomic mass is 10.1. The van der Waals surface area contributed by atoms with Crippen molar-refractivity contribution >= 4 is 5.69 Å². The van der Waals surface area contributed by atoms with Crippen LogP contribution in [0.25, 0.3) is 0 Å². The molecule has 1 aromatic rings. The quantitative estimate of drug-likeness (QED) is 0.738. The van der Waals surface area contributed by atoms with Crippen molar-refractivity contribution in [1.29, 1.82) is 0 Å². The van der Waals surface area contributed by atoms with Gasteiger partial charge in [-0.05, 0) is 31.4 Å². The molecule has 1 aromatic carbocycles. The first-order chi connectivity index (χ1) is 9.86. The zero-order valence-electron chi connectivity index (χ0n) is 12.9. The highest BCUT2D eigenvalue weighted by Gasteiger charge is 2.22. The maximum Gasteiger partial charge on any atom is 0.0587 e. The molecule has 0 saturated heterocycles. The summed E-state index contributed by atoms with van der Waals surface area (Å²) in [5, 5.41) is 3.46. The summed E-state index contributed by atoms with van der Waals surface area (Å²) in [6.45, 7) is 5.96. The molecule has 0 amide bonds. The summed E-state index contributed by atoms with van der Waals surface area (Å²) in [5.41, 5.74) is 2.81. The van der Waals surface area contributed by atoms with Crippen LogP contribution < -0.4 is 10.2 Å². The zero-order valence-corrected chi connectivity index (χ0v) is 12.9. The van der Waals surface area contributed by atoms with Crippen molar-refractivity contribution in [3.8, 4) is 0 Å². The Kier molecular flexibility index (Phi) is 6.34. The lowest BCUT2D eigenvalue weighted by Gasteiger charge is -2.32. The summed E-state index contributed by atoms with van der Waals surface area (Å²) in [6, 6.07) is 9.55. The van der Waals surface area contributed by atoms with Gasteiger partial charge in [0.1, 0.15) is 0 Å². The molecule has 0 bridgehead atoms. The molecule has 2 rings (SSSR count). The third kappa shape index (κ3) is 3.97. The number of nitrogens with zero attached hydrogens (tertiary/aromatic N) is 1. The number of nitrogens with one attached hydrogen (secondary N) is 1. The molecule has 1 saturated carbocycles. The van der Waals surface area contributed by atoms with E-state index in [1.807, 2.05) is 0 Å². The molecular weight excluding hydrogens is 248 g/mol. The molecule has 0 atom stereocenters. The van der Waals surface area contributed by atoms with E-state index >= 15 is 0 Å². The third-order valence-corrected chi connectivity index (χ3v) is 4.21. The van der Waals surface area contributed by atoms with E-state index in [2.05, 4.69) is 41.4 Å². The average molecular weight is 276 g/mol.